The smallest absolute Gasteiger partial charge is 0.129 e. The fourth-order valence-corrected chi connectivity index (χ4v) is 2.25. The van der Waals surface area contributed by atoms with Gasteiger partial charge in [0.2, 0.25) is 0 Å². The zero-order chi connectivity index (χ0) is 14.0. The molecule has 1 atom stereocenters. The van der Waals surface area contributed by atoms with Crippen LogP contribution in [0.4, 0.5) is 4.39 Å². The normalized spacial score (nSPS) is 12.3. The van der Waals surface area contributed by atoms with Crippen LogP contribution in [-0.2, 0) is 0 Å². The van der Waals surface area contributed by atoms with Crippen LogP contribution in [0.25, 0.3) is 0 Å². The first-order valence-electron chi connectivity index (χ1n) is 5.57. The minimum Gasteiger partial charge on any atom is -0.497 e. The van der Waals surface area contributed by atoms with Crippen LogP contribution < -0.4 is 10.5 Å². The third-order valence-electron chi connectivity index (χ3n) is 2.85. The molecule has 0 aliphatic carbocycles. The molecule has 0 saturated heterocycles. The summed E-state index contributed by atoms with van der Waals surface area (Å²) in [6.45, 7) is 0. The molecule has 0 amide bonds. The van der Waals surface area contributed by atoms with Gasteiger partial charge in [0.25, 0.3) is 0 Å². The van der Waals surface area contributed by atoms with E-state index in [4.69, 9.17) is 22.1 Å². The van der Waals surface area contributed by atoms with Crippen LogP contribution in [0.1, 0.15) is 17.2 Å². The summed E-state index contributed by atoms with van der Waals surface area (Å²) in [6, 6.07) is 9.46. The Morgan fingerprint density at radius 2 is 1.89 bits per heavy atom. The Morgan fingerprint density at radius 3 is 2.47 bits per heavy atom. The number of rotatable bonds is 3. The summed E-state index contributed by atoms with van der Waals surface area (Å²) in [5.41, 5.74) is 7.22. The van der Waals surface area contributed by atoms with E-state index in [2.05, 4.69) is 15.9 Å². The van der Waals surface area contributed by atoms with E-state index in [1.807, 2.05) is 0 Å². The molecule has 19 heavy (non-hydrogen) atoms. The summed E-state index contributed by atoms with van der Waals surface area (Å²) < 4.78 is 19.5. The van der Waals surface area contributed by atoms with Crippen molar-refractivity contribution in [1.82, 2.24) is 0 Å². The van der Waals surface area contributed by atoms with E-state index in [0.29, 0.717) is 15.1 Å². The molecule has 0 aliphatic rings. The van der Waals surface area contributed by atoms with Crippen LogP contribution in [0.15, 0.2) is 40.9 Å². The van der Waals surface area contributed by atoms with Crippen molar-refractivity contribution in [2.75, 3.05) is 7.11 Å². The third kappa shape index (κ3) is 3.08. The highest BCUT2D eigenvalue weighted by molar-refractivity contribution is 9.10. The molecule has 2 N–H and O–H groups in total. The first-order chi connectivity index (χ1) is 9.02. The van der Waals surface area contributed by atoms with E-state index in [1.165, 1.54) is 12.1 Å². The zero-order valence-corrected chi connectivity index (χ0v) is 12.5. The number of methoxy groups -OCH3 is 1. The van der Waals surface area contributed by atoms with Crippen molar-refractivity contribution in [2.45, 2.75) is 6.04 Å². The topological polar surface area (TPSA) is 35.2 Å². The maximum absolute atomic E-state index is 13.9. The first-order valence-corrected chi connectivity index (χ1v) is 6.74. The van der Waals surface area contributed by atoms with E-state index in [0.717, 1.165) is 11.3 Å². The average Bonchev–Trinajstić information content (AvgIpc) is 2.42. The largest absolute Gasteiger partial charge is 0.497 e. The second-order valence-corrected chi connectivity index (χ2v) is 5.30. The second-order valence-electron chi connectivity index (χ2n) is 4.04. The molecule has 0 radical (unpaired) electrons. The summed E-state index contributed by atoms with van der Waals surface area (Å²) in [7, 11) is 1.59. The van der Waals surface area contributed by atoms with Crippen molar-refractivity contribution in [3.8, 4) is 5.75 Å². The van der Waals surface area contributed by atoms with Crippen molar-refractivity contribution < 1.29 is 9.13 Å². The van der Waals surface area contributed by atoms with Gasteiger partial charge in [-0.2, -0.15) is 0 Å². The Hall–Kier alpha value is -1.10. The average molecular weight is 345 g/mol. The van der Waals surface area contributed by atoms with Crippen LogP contribution >= 0.6 is 27.5 Å². The molecule has 0 heterocycles. The van der Waals surface area contributed by atoms with Gasteiger partial charge in [-0.25, -0.2) is 4.39 Å². The number of benzene rings is 2. The Bertz CT molecular complexity index is 589. The molecule has 0 fully saturated rings. The molecule has 100 valence electrons. The third-order valence-corrected chi connectivity index (χ3v) is 4.05. The lowest BCUT2D eigenvalue weighted by Crippen LogP contribution is -2.13. The van der Waals surface area contributed by atoms with Gasteiger partial charge in [-0.05, 0) is 45.8 Å². The number of halogens is 3. The van der Waals surface area contributed by atoms with E-state index >= 15 is 0 Å². The molecule has 2 nitrogen and oxygen atoms in total. The highest BCUT2D eigenvalue weighted by Gasteiger charge is 2.16. The van der Waals surface area contributed by atoms with Gasteiger partial charge in [0.05, 0.1) is 18.2 Å². The molecule has 0 spiro atoms. The predicted molar refractivity (Wildman–Crippen MR) is 78.1 cm³/mol. The van der Waals surface area contributed by atoms with E-state index in [-0.39, 0.29) is 5.82 Å². The monoisotopic (exact) mass is 343 g/mol. The highest BCUT2D eigenvalue weighted by atomic mass is 79.9. The maximum atomic E-state index is 13.9. The quantitative estimate of drug-likeness (QED) is 0.843. The molecular weight excluding hydrogens is 333 g/mol. The molecule has 2 aromatic carbocycles. The van der Waals surface area contributed by atoms with Crippen LogP contribution in [0.3, 0.4) is 0 Å². The van der Waals surface area contributed by atoms with Crippen LogP contribution in [0.2, 0.25) is 5.02 Å². The van der Waals surface area contributed by atoms with Gasteiger partial charge in [-0.1, -0.05) is 23.7 Å². The lowest BCUT2D eigenvalue weighted by Gasteiger charge is -2.15. The number of hydrogen-bond donors (Lipinski definition) is 1. The molecule has 5 heteroatoms. The lowest BCUT2D eigenvalue weighted by molar-refractivity contribution is 0.414. The van der Waals surface area contributed by atoms with Gasteiger partial charge in [-0.15, -0.1) is 0 Å². The van der Waals surface area contributed by atoms with Crippen molar-refractivity contribution in [1.29, 1.82) is 0 Å². The zero-order valence-electron chi connectivity index (χ0n) is 10.2. The van der Waals surface area contributed by atoms with E-state index in [9.17, 15) is 4.39 Å². The second kappa shape index (κ2) is 5.90. The predicted octanol–water partition coefficient (Wildman–Crippen LogP) is 4.30. The minimum absolute atomic E-state index is 0.360. The van der Waals surface area contributed by atoms with Gasteiger partial charge in [0.15, 0.2) is 0 Å². The summed E-state index contributed by atoms with van der Waals surface area (Å²) >= 11 is 9.15. The summed E-state index contributed by atoms with van der Waals surface area (Å²) in [6.07, 6.45) is 0. The SMILES string of the molecule is COc1ccc(C(N)c2cc(Cl)c(Br)cc2F)cc1. The van der Waals surface area contributed by atoms with Gasteiger partial charge < -0.3 is 10.5 Å². The van der Waals surface area contributed by atoms with Gasteiger partial charge in [0.1, 0.15) is 11.6 Å². The molecule has 2 rings (SSSR count). The van der Waals surface area contributed by atoms with Gasteiger partial charge >= 0.3 is 0 Å². The Labute approximate surface area is 124 Å². The van der Waals surface area contributed by atoms with Crippen LogP contribution in [0.5, 0.6) is 5.75 Å². The van der Waals surface area contributed by atoms with E-state index in [1.54, 1.807) is 31.4 Å². The van der Waals surface area contributed by atoms with Crippen molar-refractivity contribution in [3.05, 3.63) is 62.8 Å². The van der Waals surface area contributed by atoms with Crippen molar-refractivity contribution in [3.63, 3.8) is 0 Å². The summed E-state index contributed by atoms with van der Waals surface area (Å²) in [5.74, 6) is 0.338. The molecule has 1 unspecified atom stereocenters. The standard InChI is InChI=1S/C14H12BrClFNO/c1-19-9-4-2-8(3-5-9)14(18)10-6-12(16)11(15)7-13(10)17/h2-7,14H,18H2,1H3. The lowest BCUT2D eigenvalue weighted by atomic mass is 9.99. The molecular formula is C14H12BrClFNO. The van der Waals surface area contributed by atoms with Crippen molar-refractivity contribution in [2.24, 2.45) is 5.73 Å². The Kier molecular flexibility index (Phi) is 4.45. The fourth-order valence-electron chi connectivity index (χ4n) is 1.77. The Balaban J connectivity index is 2.37. The minimum atomic E-state index is -0.573. The summed E-state index contributed by atoms with van der Waals surface area (Å²) in [4.78, 5) is 0. The molecule has 2 aromatic rings. The van der Waals surface area contributed by atoms with Crippen LogP contribution in [0, 0.1) is 5.82 Å². The highest BCUT2D eigenvalue weighted by Crippen LogP contribution is 2.30. The number of ether oxygens (including phenoxy) is 1. The van der Waals surface area contributed by atoms with Crippen molar-refractivity contribution >= 4 is 27.5 Å². The molecule has 0 aliphatic heterocycles. The molecule has 0 bridgehead atoms. The molecule has 0 aromatic heterocycles. The number of hydrogen-bond acceptors (Lipinski definition) is 2. The number of nitrogens with two attached hydrogens (primary N) is 1. The Morgan fingerprint density at radius 1 is 1.26 bits per heavy atom. The summed E-state index contributed by atoms with van der Waals surface area (Å²) in [5, 5.41) is 0.431. The van der Waals surface area contributed by atoms with Gasteiger partial charge in [0, 0.05) is 10.0 Å². The fraction of sp³-hybridized carbons (Fsp3) is 0.143. The van der Waals surface area contributed by atoms with Gasteiger partial charge in [-0.3, -0.25) is 0 Å². The maximum Gasteiger partial charge on any atom is 0.129 e. The van der Waals surface area contributed by atoms with E-state index < -0.39 is 6.04 Å². The van der Waals surface area contributed by atoms with Crippen LogP contribution in [-0.4, -0.2) is 7.11 Å². The first kappa shape index (κ1) is 14.3. The molecule has 0 saturated carbocycles.